The SMILES string of the molecule is C[C@H](CN)NS(=O)(=O)c1ccc2c(c1)CCO2. The zero-order chi connectivity index (χ0) is 12.5. The average molecular weight is 256 g/mol. The van der Waals surface area contributed by atoms with E-state index in [0.29, 0.717) is 6.61 Å². The Bertz CT molecular complexity index is 513. The van der Waals surface area contributed by atoms with Crippen LogP contribution in [0.2, 0.25) is 0 Å². The van der Waals surface area contributed by atoms with E-state index in [-0.39, 0.29) is 17.5 Å². The van der Waals surface area contributed by atoms with Crippen LogP contribution >= 0.6 is 0 Å². The van der Waals surface area contributed by atoms with Gasteiger partial charge in [-0.05, 0) is 30.7 Å². The summed E-state index contributed by atoms with van der Waals surface area (Å²) >= 11 is 0. The third-order valence-electron chi connectivity index (χ3n) is 2.68. The molecule has 17 heavy (non-hydrogen) atoms. The number of nitrogens with two attached hydrogens (primary N) is 1. The first-order chi connectivity index (χ1) is 8.03. The van der Waals surface area contributed by atoms with E-state index >= 15 is 0 Å². The van der Waals surface area contributed by atoms with Crippen LogP contribution < -0.4 is 15.2 Å². The predicted molar refractivity (Wildman–Crippen MR) is 64.5 cm³/mol. The van der Waals surface area contributed by atoms with Crippen LogP contribution in [-0.4, -0.2) is 27.6 Å². The van der Waals surface area contributed by atoms with E-state index in [1.165, 1.54) is 0 Å². The Morgan fingerprint density at radius 3 is 3.00 bits per heavy atom. The van der Waals surface area contributed by atoms with Crippen LogP contribution in [-0.2, 0) is 16.4 Å². The number of fused-ring (bicyclic) bond motifs is 1. The summed E-state index contributed by atoms with van der Waals surface area (Å²) < 4.78 is 31.8. The smallest absolute Gasteiger partial charge is 0.240 e. The zero-order valence-electron chi connectivity index (χ0n) is 9.64. The molecule has 1 aromatic rings. The van der Waals surface area contributed by atoms with Gasteiger partial charge in [-0.2, -0.15) is 0 Å². The van der Waals surface area contributed by atoms with Crippen molar-refractivity contribution in [2.24, 2.45) is 5.73 Å². The second-order valence-electron chi connectivity index (χ2n) is 4.13. The summed E-state index contributed by atoms with van der Waals surface area (Å²) in [6, 6.07) is 4.64. The van der Waals surface area contributed by atoms with Crippen molar-refractivity contribution in [3.8, 4) is 5.75 Å². The lowest BCUT2D eigenvalue weighted by Gasteiger charge is -2.12. The van der Waals surface area contributed by atoms with Gasteiger partial charge in [0.25, 0.3) is 0 Å². The minimum atomic E-state index is -3.48. The van der Waals surface area contributed by atoms with E-state index in [4.69, 9.17) is 10.5 Å². The number of hydrogen-bond acceptors (Lipinski definition) is 4. The number of sulfonamides is 1. The number of nitrogens with one attached hydrogen (secondary N) is 1. The first-order valence-corrected chi connectivity index (χ1v) is 6.99. The quantitative estimate of drug-likeness (QED) is 0.809. The Kier molecular flexibility index (Phi) is 3.37. The standard InChI is InChI=1S/C11H16N2O3S/c1-8(7-12)13-17(14,15)10-2-3-11-9(6-10)4-5-16-11/h2-3,6,8,13H,4-5,7,12H2,1H3/t8-/m1/s1. The summed E-state index contributed by atoms with van der Waals surface area (Å²) in [7, 11) is -3.48. The lowest BCUT2D eigenvalue weighted by atomic mass is 10.2. The molecule has 0 bridgehead atoms. The maximum absolute atomic E-state index is 12.0. The largest absolute Gasteiger partial charge is 0.493 e. The average Bonchev–Trinajstić information content (AvgIpc) is 2.75. The predicted octanol–water partition coefficient (Wildman–Crippen LogP) is 0.247. The van der Waals surface area contributed by atoms with Gasteiger partial charge in [0, 0.05) is 19.0 Å². The molecule has 2 rings (SSSR count). The van der Waals surface area contributed by atoms with Gasteiger partial charge < -0.3 is 10.5 Å². The van der Waals surface area contributed by atoms with Crippen molar-refractivity contribution >= 4 is 10.0 Å². The van der Waals surface area contributed by atoms with Crippen LogP contribution in [0.15, 0.2) is 23.1 Å². The van der Waals surface area contributed by atoms with Gasteiger partial charge >= 0.3 is 0 Å². The van der Waals surface area contributed by atoms with Gasteiger partial charge in [0.2, 0.25) is 10.0 Å². The van der Waals surface area contributed by atoms with E-state index in [1.54, 1.807) is 25.1 Å². The summed E-state index contributed by atoms with van der Waals surface area (Å²) in [6.45, 7) is 2.62. The van der Waals surface area contributed by atoms with E-state index in [2.05, 4.69) is 4.72 Å². The van der Waals surface area contributed by atoms with Crippen molar-refractivity contribution in [1.82, 2.24) is 4.72 Å². The molecule has 6 heteroatoms. The highest BCUT2D eigenvalue weighted by Gasteiger charge is 2.20. The monoisotopic (exact) mass is 256 g/mol. The number of rotatable bonds is 4. The van der Waals surface area contributed by atoms with Crippen molar-refractivity contribution in [3.63, 3.8) is 0 Å². The van der Waals surface area contributed by atoms with Gasteiger partial charge in [-0.25, -0.2) is 13.1 Å². The van der Waals surface area contributed by atoms with E-state index in [9.17, 15) is 8.42 Å². The van der Waals surface area contributed by atoms with Crippen LogP contribution in [0.4, 0.5) is 0 Å². The zero-order valence-corrected chi connectivity index (χ0v) is 10.5. The fourth-order valence-electron chi connectivity index (χ4n) is 1.71. The first-order valence-electron chi connectivity index (χ1n) is 5.51. The lowest BCUT2D eigenvalue weighted by molar-refractivity contribution is 0.356. The first kappa shape index (κ1) is 12.3. The Morgan fingerprint density at radius 2 is 2.29 bits per heavy atom. The summed E-state index contributed by atoms with van der Waals surface area (Å²) in [4.78, 5) is 0.266. The van der Waals surface area contributed by atoms with Gasteiger partial charge in [-0.1, -0.05) is 0 Å². The minimum Gasteiger partial charge on any atom is -0.493 e. The van der Waals surface area contributed by atoms with Crippen molar-refractivity contribution in [2.45, 2.75) is 24.3 Å². The van der Waals surface area contributed by atoms with E-state index in [1.807, 2.05) is 0 Å². The second-order valence-corrected chi connectivity index (χ2v) is 5.84. The van der Waals surface area contributed by atoms with Gasteiger partial charge in [0.15, 0.2) is 0 Å². The van der Waals surface area contributed by atoms with E-state index in [0.717, 1.165) is 17.7 Å². The molecular formula is C11H16N2O3S. The molecule has 0 unspecified atom stereocenters. The van der Waals surface area contributed by atoms with E-state index < -0.39 is 10.0 Å². The lowest BCUT2D eigenvalue weighted by Crippen LogP contribution is -2.37. The molecule has 0 spiro atoms. The maximum atomic E-state index is 12.0. The molecule has 0 radical (unpaired) electrons. The molecule has 0 aliphatic carbocycles. The molecular weight excluding hydrogens is 240 g/mol. The second kappa shape index (κ2) is 4.64. The third kappa shape index (κ3) is 2.59. The van der Waals surface area contributed by atoms with Gasteiger partial charge in [-0.3, -0.25) is 0 Å². The molecule has 3 N–H and O–H groups in total. The number of ether oxygens (including phenoxy) is 1. The highest BCUT2D eigenvalue weighted by molar-refractivity contribution is 7.89. The number of benzene rings is 1. The van der Waals surface area contributed by atoms with Crippen molar-refractivity contribution < 1.29 is 13.2 Å². The topological polar surface area (TPSA) is 81.4 Å². The highest BCUT2D eigenvalue weighted by atomic mass is 32.2. The number of hydrogen-bond donors (Lipinski definition) is 2. The molecule has 0 fully saturated rings. The molecule has 1 aromatic carbocycles. The van der Waals surface area contributed by atoms with Crippen molar-refractivity contribution in [3.05, 3.63) is 23.8 Å². The molecule has 5 nitrogen and oxygen atoms in total. The van der Waals surface area contributed by atoms with Crippen LogP contribution in [0.1, 0.15) is 12.5 Å². The fourth-order valence-corrected chi connectivity index (χ4v) is 3.02. The van der Waals surface area contributed by atoms with Gasteiger partial charge in [0.05, 0.1) is 11.5 Å². The Balaban J connectivity index is 2.28. The third-order valence-corrected chi connectivity index (χ3v) is 4.27. The Labute approximate surface area is 101 Å². The fraction of sp³-hybridized carbons (Fsp3) is 0.455. The molecule has 0 aromatic heterocycles. The molecule has 1 heterocycles. The summed E-state index contributed by atoms with van der Waals surface area (Å²) in [5, 5.41) is 0. The van der Waals surface area contributed by atoms with Crippen molar-refractivity contribution in [1.29, 1.82) is 0 Å². The van der Waals surface area contributed by atoms with Crippen LogP contribution in [0, 0.1) is 0 Å². The summed E-state index contributed by atoms with van der Waals surface area (Å²) in [6.07, 6.45) is 0.755. The van der Waals surface area contributed by atoms with Crippen LogP contribution in [0.5, 0.6) is 5.75 Å². The van der Waals surface area contributed by atoms with Crippen molar-refractivity contribution in [2.75, 3.05) is 13.2 Å². The normalized spacial score (nSPS) is 16.4. The summed E-state index contributed by atoms with van der Waals surface area (Å²) in [5.74, 6) is 0.774. The molecule has 0 amide bonds. The molecule has 94 valence electrons. The summed E-state index contributed by atoms with van der Waals surface area (Å²) in [5.41, 5.74) is 6.34. The molecule has 0 saturated heterocycles. The molecule has 1 aliphatic heterocycles. The van der Waals surface area contributed by atoms with Crippen LogP contribution in [0.25, 0.3) is 0 Å². The maximum Gasteiger partial charge on any atom is 0.240 e. The molecule has 1 aliphatic rings. The Morgan fingerprint density at radius 1 is 1.53 bits per heavy atom. The minimum absolute atomic E-state index is 0.266. The highest BCUT2D eigenvalue weighted by Crippen LogP contribution is 2.27. The van der Waals surface area contributed by atoms with Gasteiger partial charge in [0.1, 0.15) is 5.75 Å². The molecule has 0 saturated carbocycles. The van der Waals surface area contributed by atoms with Crippen LogP contribution in [0.3, 0.4) is 0 Å². The molecule has 1 atom stereocenters. The van der Waals surface area contributed by atoms with Gasteiger partial charge in [-0.15, -0.1) is 0 Å². The Hall–Kier alpha value is -1.11.